The van der Waals surface area contributed by atoms with Crippen molar-refractivity contribution in [3.63, 3.8) is 0 Å². The Morgan fingerprint density at radius 3 is 2.58 bits per heavy atom. The standard InChI is InChI=1S/C14H14F2N2O/c1-17-14(10-5-11(15)8-18-7-10)9-3-4-12(16)13(6-9)19-2/h3-8,14,17H,1-2H3. The predicted octanol–water partition coefficient (Wildman–Crippen LogP) is 2.68. The summed E-state index contributed by atoms with van der Waals surface area (Å²) in [5.74, 6) is -0.688. The highest BCUT2D eigenvalue weighted by atomic mass is 19.1. The van der Waals surface area contributed by atoms with Crippen LogP contribution in [-0.2, 0) is 0 Å². The summed E-state index contributed by atoms with van der Waals surface area (Å²) in [7, 11) is 3.14. The molecule has 0 aliphatic rings. The smallest absolute Gasteiger partial charge is 0.165 e. The normalized spacial score (nSPS) is 12.2. The van der Waals surface area contributed by atoms with Crippen molar-refractivity contribution in [3.05, 3.63) is 59.4 Å². The van der Waals surface area contributed by atoms with Gasteiger partial charge in [-0.05, 0) is 36.4 Å². The summed E-state index contributed by atoms with van der Waals surface area (Å²) in [6, 6.07) is 5.65. The van der Waals surface area contributed by atoms with Gasteiger partial charge in [0.05, 0.1) is 19.3 Å². The highest BCUT2D eigenvalue weighted by molar-refractivity contribution is 5.36. The number of aromatic nitrogens is 1. The Morgan fingerprint density at radius 2 is 1.95 bits per heavy atom. The minimum absolute atomic E-state index is 0.155. The molecule has 100 valence electrons. The molecular formula is C14H14F2N2O. The molecule has 0 aliphatic carbocycles. The number of pyridine rings is 1. The molecule has 0 amide bonds. The van der Waals surface area contributed by atoms with E-state index in [2.05, 4.69) is 10.3 Å². The van der Waals surface area contributed by atoms with Gasteiger partial charge in [0.25, 0.3) is 0 Å². The molecule has 0 saturated heterocycles. The molecule has 0 aliphatic heterocycles. The maximum Gasteiger partial charge on any atom is 0.165 e. The van der Waals surface area contributed by atoms with Crippen molar-refractivity contribution in [2.75, 3.05) is 14.2 Å². The first-order chi connectivity index (χ1) is 9.15. The minimum atomic E-state index is -0.432. The monoisotopic (exact) mass is 264 g/mol. The van der Waals surface area contributed by atoms with Crippen molar-refractivity contribution < 1.29 is 13.5 Å². The van der Waals surface area contributed by atoms with Crippen LogP contribution in [0.1, 0.15) is 17.2 Å². The van der Waals surface area contributed by atoms with Gasteiger partial charge >= 0.3 is 0 Å². The molecule has 1 heterocycles. The van der Waals surface area contributed by atoms with E-state index in [-0.39, 0.29) is 11.8 Å². The van der Waals surface area contributed by atoms with Crippen LogP contribution >= 0.6 is 0 Å². The van der Waals surface area contributed by atoms with Crippen LogP contribution in [0.15, 0.2) is 36.7 Å². The third-order valence-corrected chi connectivity index (χ3v) is 2.86. The van der Waals surface area contributed by atoms with E-state index >= 15 is 0 Å². The van der Waals surface area contributed by atoms with Crippen molar-refractivity contribution in [1.82, 2.24) is 10.3 Å². The molecule has 1 unspecified atom stereocenters. The van der Waals surface area contributed by atoms with E-state index in [1.165, 1.54) is 19.2 Å². The number of methoxy groups -OCH3 is 1. The van der Waals surface area contributed by atoms with Crippen LogP contribution in [0.25, 0.3) is 0 Å². The lowest BCUT2D eigenvalue weighted by atomic mass is 10.00. The van der Waals surface area contributed by atoms with Crippen LogP contribution in [0, 0.1) is 11.6 Å². The molecule has 19 heavy (non-hydrogen) atoms. The van der Waals surface area contributed by atoms with Crippen molar-refractivity contribution in [2.24, 2.45) is 0 Å². The number of hydrogen-bond donors (Lipinski definition) is 1. The number of nitrogens with one attached hydrogen (secondary N) is 1. The highest BCUT2D eigenvalue weighted by Gasteiger charge is 2.15. The van der Waals surface area contributed by atoms with Crippen molar-refractivity contribution in [3.8, 4) is 5.75 Å². The molecule has 2 rings (SSSR count). The Labute approximate surface area is 110 Å². The topological polar surface area (TPSA) is 34.2 Å². The van der Waals surface area contributed by atoms with Crippen molar-refractivity contribution in [2.45, 2.75) is 6.04 Å². The lowest BCUT2D eigenvalue weighted by Gasteiger charge is -2.17. The fourth-order valence-corrected chi connectivity index (χ4v) is 1.97. The second-order valence-electron chi connectivity index (χ2n) is 4.05. The first-order valence-corrected chi connectivity index (χ1v) is 5.77. The average Bonchev–Trinajstić information content (AvgIpc) is 2.41. The van der Waals surface area contributed by atoms with Gasteiger partial charge in [-0.1, -0.05) is 6.07 Å². The van der Waals surface area contributed by atoms with Gasteiger partial charge in [-0.2, -0.15) is 0 Å². The minimum Gasteiger partial charge on any atom is -0.494 e. The zero-order valence-corrected chi connectivity index (χ0v) is 10.7. The molecule has 0 spiro atoms. The largest absolute Gasteiger partial charge is 0.494 e. The maximum atomic E-state index is 13.4. The zero-order valence-electron chi connectivity index (χ0n) is 10.7. The fraction of sp³-hybridized carbons (Fsp3) is 0.214. The van der Waals surface area contributed by atoms with Gasteiger partial charge in [-0.15, -0.1) is 0 Å². The highest BCUT2D eigenvalue weighted by Crippen LogP contribution is 2.26. The van der Waals surface area contributed by atoms with E-state index in [1.54, 1.807) is 25.4 Å². The summed E-state index contributed by atoms with van der Waals surface area (Å²) in [6.45, 7) is 0. The summed E-state index contributed by atoms with van der Waals surface area (Å²) in [5.41, 5.74) is 1.43. The summed E-state index contributed by atoms with van der Waals surface area (Å²) >= 11 is 0. The van der Waals surface area contributed by atoms with Gasteiger partial charge in [-0.25, -0.2) is 8.78 Å². The Kier molecular flexibility index (Phi) is 4.06. The van der Waals surface area contributed by atoms with Crippen LogP contribution in [0.3, 0.4) is 0 Å². The summed E-state index contributed by atoms with van der Waals surface area (Å²) in [5, 5.41) is 3.05. The van der Waals surface area contributed by atoms with Crippen LogP contribution in [0.2, 0.25) is 0 Å². The molecule has 1 N–H and O–H groups in total. The molecular weight excluding hydrogens is 250 g/mol. The van der Waals surface area contributed by atoms with Gasteiger partial charge in [0.15, 0.2) is 11.6 Å². The Bertz CT molecular complexity index is 575. The molecule has 3 nitrogen and oxygen atoms in total. The predicted molar refractivity (Wildman–Crippen MR) is 68.0 cm³/mol. The number of benzene rings is 1. The second-order valence-corrected chi connectivity index (χ2v) is 4.05. The first-order valence-electron chi connectivity index (χ1n) is 5.77. The molecule has 0 radical (unpaired) electrons. The number of rotatable bonds is 4. The van der Waals surface area contributed by atoms with Gasteiger partial charge in [0.1, 0.15) is 5.82 Å². The summed E-state index contributed by atoms with van der Waals surface area (Å²) < 4.78 is 31.5. The van der Waals surface area contributed by atoms with E-state index in [0.29, 0.717) is 5.56 Å². The third kappa shape index (κ3) is 2.88. The van der Waals surface area contributed by atoms with Crippen molar-refractivity contribution in [1.29, 1.82) is 0 Å². The quantitative estimate of drug-likeness (QED) is 0.922. The lowest BCUT2D eigenvalue weighted by molar-refractivity contribution is 0.385. The van der Waals surface area contributed by atoms with Crippen LogP contribution < -0.4 is 10.1 Å². The van der Waals surface area contributed by atoms with Gasteiger partial charge in [-0.3, -0.25) is 4.98 Å². The molecule has 5 heteroatoms. The summed E-state index contributed by atoms with van der Waals surface area (Å²) in [6.07, 6.45) is 2.71. The molecule has 0 fully saturated rings. The number of ether oxygens (including phenoxy) is 1. The van der Waals surface area contributed by atoms with Gasteiger partial charge in [0.2, 0.25) is 0 Å². The third-order valence-electron chi connectivity index (χ3n) is 2.86. The lowest BCUT2D eigenvalue weighted by Crippen LogP contribution is -2.18. The molecule has 1 atom stereocenters. The average molecular weight is 264 g/mol. The zero-order chi connectivity index (χ0) is 13.8. The SMILES string of the molecule is CNC(c1cncc(F)c1)c1ccc(F)c(OC)c1. The van der Waals surface area contributed by atoms with E-state index in [9.17, 15) is 8.78 Å². The van der Waals surface area contributed by atoms with E-state index in [1.807, 2.05) is 0 Å². The van der Waals surface area contributed by atoms with Crippen molar-refractivity contribution >= 4 is 0 Å². The summed E-state index contributed by atoms with van der Waals surface area (Å²) in [4.78, 5) is 3.82. The Morgan fingerprint density at radius 1 is 1.16 bits per heavy atom. The number of hydrogen-bond acceptors (Lipinski definition) is 3. The van der Waals surface area contributed by atoms with Gasteiger partial charge < -0.3 is 10.1 Å². The Balaban J connectivity index is 2.42. The number of halogens is 2. The first kappa shape index (κ1) is 13.4. The number of nitrogens with zero attached hydrogens (tertiary/aromatic N) is 1. The fourth-order valence-electron chi connectivity index (χ4n) is 1.97. The van der Waals surface area contributed by atoms with Crippen LogP contribution in [0.4, 0.5) is 8.78 Å². The molecule has 2 aromatic rings. The van der Waals surface area contributed by atoms with Gasteiger partial charge in [0, 0.05) is 6.20 Å². The van der Waals surface area contributed by atoms with Crippen LogP contribution in [-0.4, -0.2) is 19.1 Å². The van der Waals surface area contributed by atoms with E-state index in [4.69, 9.17) is 4.74 Å². The molecule has 0 saturated carbocycles. The maximum absolute atomic E-state index is 13.4. The van der Waals surface area contributed by atoms with E-state index < -0.39 is 11.6 Å². The molecule has 1 aromatic carbocycles. The second kappa shape index (κ2) is 5.75. The molecule has 0 bridgehead atoms. The van der Waals surface area contributed by atoms with E-state index in [0.717, 1.165) is 11.8 Å². The molecule has 1 aromatic heterocycles. The Hall–Kier alpha value is -2.01. The van der Waals surface area contributed by atoms with Crippen LogP contribution in [0.5, 0.6) is 5.75 Å².